The SMILES string of the molecule is C/C=C(\C=C1\C=CC=CC1)N(c1ccc(-c2ccccc2)cc1)c1ccc(-c2ccc(-c3ccc(N(c4ccc(-c5ccccc5)cc4)c4ccc5ccccc5c4)cc3)s2)cc1. The molecule has 302 valence electrons. The second-order valence-electron chi connectivity index (χ2n) is 15.7. The Morgan fingerprint density at radius 1 is 0.429 bits per heavy atom. The first kappa shape index (κ1) is 39.4. The fourth-order valence-corrected chi connectivity index (χ4v) is 9.40. The molecule has 8 aromatic carbocycles. The molecule has 1 aromatic heterocycles. The van der Waals surface area contributed by atoms with E-state index in [9.17, 15) is 0 Å². The van der Waals surface area contributed by atoms with Gasteiger partial charge in [-0.25, -0.2) is 0 Å². The Kier molecular flexibility index (Phi) is 11.3. The summed E-state index contributed by atoms with van der Waals surface area (Å²) in [4.78, 5) is 7.19. The largest absolute Gasteiger partial charge is 0.311 e. The second kappa shape index (κ2) is 18.1. The molecule has 1 aliphatic rings. The Labute approximate surface area is 375 Å². The van der Waals surface area contributed by atoms with E-state index in [0.29, 0.717) is 0 Å². The number of benzene rings is 8. The number of thiophene rings is 1. The summed E-state index contributed by atoms with van der Waals surface area (Å²) in [5.74, 6) is 0. The van der Waals surface area contributed by atoms with E-state index in [4.69, 9.17) is 0 Å². The van der Waals surface area contributed by atoms with Gasteiger partial charge in [0.1, 0.15) is 0 Å². The van der Waals surface area contributed by atoms with Gasteiger partial charge in [0.15, 0.2) is 0 Å². The van der Waals surface area contributed by atoms with Crippen molar-refractivity contribution in [2.45, 2.75) is 13.3 Å². The first-order valence-electron chi connectivity index (χ1n) is 21.6. The summed E-state index contributed by atoms with van der Waals surface area (Å²) in [5, 5.41) is 2.45. The third-order valence-electron chi connectivity index (χ3n) is 11.7. The van der Waals surface area contributed by atoms with Crippen LogP contribution in [0.15, 0.2) is 260 Å². The van der Waals surface area contributed by atoms with Crippen molar-refractivity contribution >= 4 is 50.5 Å². The van der Waals surface area contributed by atoms with E-state index >= 15 is 0 Å². The number of nitrogens with zero attached hydrogens (tertiary/aromatic N) is 2. The third-order valence-corrected chi connectivity index (χ3v) is 12.9. The van der Waals surface area contributed by atoms with E-state index in [0.717, 1.165) is 40.6 Å². The van der Waals surface area contributed by atoms with E-state index < -0.39 is 0 Å². The summed E-state index contributed by atoms with van der Waals surface area (Å²) in [5.41, 5.74) is 15.2. The van der Waals surface area contributed by atoms with Gasteiger partial charge in [-0.2, -0.15) is 0 Å². The lowest BCUT2D eigenvalue weighted by atomic mass is 10.0. The third kappa shape index (κ3) is 8.61. The zero-order valence-corrected chi connectivity index (χ0v) is 36.0. The molecule has 3 heteroatoms. The van der Waals surface area contributed by atoms with Crippen molar-refractivity contribution in [3.05, 3.63) is 260 Å². The van der Waals surface area contributed by atoms with Gasteiger partial charge in [-0.15, -0.1) is 11.3 Å². The van der Waals surface area contributed by atoms with E-state index in [-0.39, 0.29) is 0 Å². The van der Waals surface area contributed by atoms with Crippen molar-refractivity contribution in [3.63, 3.8) is 0 Å². The molecule has 63 heavy (non-hydrogen) atoms. The Morgan fingerprint density at radius 3 is 1.40 bits per heavy atom. The fourth-order valence-electron chi connectivity index (χ4n) is 8.38. The van der Waals surface area contributed by atoms with Crippen LogP contribution in [0.2, 0.25) is 0 Å². The average Bonchev–Trinajstić information content (AvgIpc) is 3.86. The molecule has 2 nitrogen and oxygen atoms in total. The summed E-state index contributed by atoms with van der Waals surface area (Å²) >= 11 is 1.83. The van der Waals surface area contributed by atoms with Crippen LogP contribution in [0.1, 0.15) is 13.3 Å². The van der Waals surface area contributed by atoms with Crippen LogP contribution in [-0.2, 0) is 0 Å². The molecule has 0 atom stereocenters. The van der Waals surface area contributed by atoms with Crippen LogP contribution in [0.3, 0.4) is 0 Å². The Balaban J connectivity index is 0.929. The van der Waals surface area contributed by atoms with Gasteiger partial charge in [0.05, 0.1) is 0 Å². The molecule has 0 saturated heterocycles. The van der Waals surface area contributed by atoms with Gasteiger partial charge in [-0.3, -0.25) is 0 Å². The van der Waals surface area contributed by atoms with Crippen molar-refractivity contribution in [2.75, 3.05) is 9.80 Å². The summed E-state index contributed by atoms with van der Waals surface area (Å²) in [7, 11) is 0. The highest BCUT2D eigenvalue weighted by atomic mass is 32.1. The van der Waals surface area contributed by atoms with Crippen LogP contribution in [-0.4, -0.2) is 0 Å². The maximum atomic E-state index is 2.36. The number of hydrogen-bond donors (Lipinski definition) is 0. The van der Waals surface area contributed by atoms with Crippen LogP contribution in [0.5, 0.6) is 0 Å². The normalized spacial score (nSPS) is 13.1. The van der Waals surface area contributed by atoms with Gasteiger partial charge < -0.3 is 9.80 Å². The fraction of sp³-hybridized carbons (Fsp3) is 0.0333. The molecular weight excluding hydrogens is 781 g/mol. The van der Waals surface area contributed by atoms with E-state index in [2.05, 4.69) is 266 Å². The highest BCUT2D eigenvalue weighted by Gasteiger charge is 2.17. The molecule has 9 aromatic rings. The van der Waals surface area contributed by atoms with Crippen LogP contribution < -0.4 is 9.80 Å². The zero-order chi connectivity index (χ0) is 42.4. The summed E-state index contributed by atoms with van der Waals surface area (Å²) < 4.78 is 0. The van der Waals surface area contributed by atoms with Gasteiger partial charge in [-0.1, -0.05) is 170 Å². The molecular formula is C60H46N2S. The molecule has 0 unspecified atom stereocenters. The predicted octanol–water partition coefficient (Wildman–Crippen LogP) is 17.5. The molecule has 0 amide bonds. The lowest BCUT2D eigenvalue weighted by Gasteiger charge is -2.27. The minimum absolute atomic E-state index is 0.919. The Bertz CT molecular complexity index is 3100. The number of hydrogen-bond acceptors (Lipinski definition) is 3. The molecule has 0 N–H and O–H groups in total. The predicted molar refractivity (Wildman–Crippen MR) is 272 cm³/mol. The maximum absolute atomic E-state index is 2.36. The minimum atomic E-state index is 0.919. The van der Waals surface area contributed by atoms with E-state index in [1.807, 2.05) is 11.3 Å². The van der Waals surface area contributed by atoms with Crippen LogP contribution in [0.4, 0.5) is 28.4 Å². The molecule has 1 aliphatic carbocycles. The van der Waals surface area contributed by atoms with Crippen molar-refractivity contribution in [2.24, 2.45) is 0 Å². The molecule has 0 spiro atoms. The molecule has 1 heterocycles. The van der Waals surface area contributed by atoms with Gasteiger partial charge >= 0.3 is 0 Å². The van der Waals surface area contributed by atoms with Gasteiger partial charge in [0.2, 0.25) is 0 Å². The van der Waals surface area contributed by atoms with Gasteiger partial charge in [-0.05, 0) is 142 Å². The van der Waals surface area contributed by atoms with Crippen LogP contribution in [0.25, 0.3) is 53.9 Å². The Morgan fingerprint density at radius 2 is 0.889 bits per heavy atom. The quantitative estimate of drug-likeness (QED) is 0.128. The van der Waals surface area contributed by atoms with Crippen molar-refractivity contribution < 1.29 is 0 Å². The van der Waals surface area contributed by atoms with Crippen molar-refractivity contribution in [3.8, 4) is 43.1 Å². The topological polar surface area (TPSA) is 6.48 Å². The highest BCUT2D eigenvalue weighted by Crippen LogP contribution is 2.41. The van der Waals surface area contributed by atoms with Crippen molar-refractivity contribution in [1.82, 2.24) is 0 Å². The monoisotopic (exact) mass is 826 g/mol. The molecule has 0 saturated carbocycles. The molecule has 0 fully saturated rings. The van der Waals surface area contributed by atoms with E-state index in [1.165, 1.54) is 59.5 Å². The maximum Gasteiger partial charge on any atom is 0.0468 e. The highest BCUT2D eigenvalue weighted by molar-refractivity contribution is 7.18. The minimum Gasteiger partial charge on any atom is -0.311 e. The standard InChI is InChI=1S/C60H46N2S/c1-2-53(42-44-14-6-3-7-15-44)61(54-31-22-48(23-32-54)45-16-8-4-9-17-45)55-35-27-50(28-36-55)59-40-41-60(63-59)51-29-37-57(38-30-51)62(58-39-26-47-20-12-13-21-52(47)43-58)56-33-24-49(25-34-56)46-18-10-5-11-19-46/h2-14,16-43H,15H2,1H3/b44-42-,53-2+. The van der Waals surface area contributed by atoms with Gasteiger partial charge in [0.25, 0.3) is 0 Å². The number of anilines is 5. The summed E-state index contributed by atoms with van der Waals surface area (Å²) in [6, 6.07) is 76.8. The number of allylic oxidation sites excluding steroid dienone is 7. The zero-order valence-electron chi connectivity index (χ0n) is 35.2. The lowest BCUT2D eigenvalue weighted by molar-refractivity contribution is 1.17. The summed E-state index contributed by atoms with van der Waals surface area (Å²) in [6.07, 6.45) is 14.1. The second-order valence-corrected chi connectivity index (χ2v) is 16.8. The summed E-state index contributed by atoms with van der Waals surface area (Å²) in [6.45, 7) is 2.12. The number of fused-ring (bicyclic) bond motifs is 1. The number of rotatable bonds is 11. The Hall–Kier alpha value is -7.72. The molecule has 0 aliphatic heterocycles. The smallest absolute Gasteiger partial charge is 0.0468 e. The molecule has 0 bridgehead atoms. The first-order valence-corrected chi connectivity index (χ1v) is 22.4. The van der Waals surface area contributed by atoms with Gasteiger partial charge in [0, 0.05) is 43.9 Å². The first-order chi connectivity index (χ1) is 31.2. The van der Waals surface area contributed by atoms with Crippen molar-refractivity contribution in [1.29, 1.82) is 0 Å². The van der Waals surface area contributed by atoms with E-state index in [1.54, 1.807) is 0 Å². The van der Waals surface area contributed by atoms with Crippen LogP contribution >= 0.6 is 11.3 Å². The average molecular weight is 827 g/mol. The van der Waals surface area contributed by atoms with Crippen LogP contribution in [0, 0.1) is 0 Å². The lowest BCUT2D eigenvalue weighted by Crippen LogP contribution is -2.15. The molecule has 0 radical (unpaired) electrons. The molecule has 10 rings (SSSR count).